The molecule has 4 nitrogen and oxygen atoms in total. The molecule has 1 aromatic rings. The summed E-state index contributed by atoms with van der Waals surface area (Å²) in [6.07, 6.45) is 4.71. The Morgan fingerprint density at radius 3 is 2.92 bits per heavy atom. The number of hydrogen-bond donors (Lipinski definition) is 0. The molecule has 2 fully saturated rings. The summed E-state index contributed by atoms with van der Waals surface area (Å²) in [5.74, 6) is 1.06. The van der Waals surface area contributed by atoms with Gasteiger partial charge in [-0.1, -0.05) is 23.8 Å². The highest BCUT2D eigenvalue weighted by Crippen LogP contribution is 2.43. The maximum Gasteiger partial charge on any atom is 0.214 e. The second-order valence-corrected chi connectivity index (χ2v) is 10.6. The third-order valence-electron chi connectivity index (χ3n) is 6.46. The van der Waals surface area contributed by atoms with E-state index < -0.39 is 10.0 Å². The van der Waals surface area contributed by atoms with Gasteiger partial charge in [-0.05, 0) is 56.1 Å². The van der Waals surface area contributed by atoms with Crippen molar-refractivity contribution in [3.05, 3.63) is 34.9 Å². The van der Waals surface area contributed by atoms with Crippen LogP contribution in [-0.4, -0.2) is 54.9 Å². The third-order valence-corrected chi connectivity index (χ3v) is 8.70. The summed E-state index contributed by atoms with van der Waals surface area (Å²) in [4.78, 5) is 2.60. The third kappa shape index (κ3) is 3.44. The summed E-state index contributed by atoms with van der Waals surface area (Å²) in [6, 6.07) is 7.30. The zero-order valence-electron chi connectivity index (χ0n) is 15.5. The lowest BCUT2D eigenvalue weighted by atomic mass is 9.77. The van der Waals surface area contributed by atoms with Crippen LogP contribution in [-0.2, 0) is 16.4 Å². The predicted octanol–water partition coefficient (Wildman–Crippen LogP) is 3.34. The van der Waals surface area contributed by atoms with Gasteiger partial charge in [0.1, 0.15) is 0 Å². The number of benzene rings is 1. The number of sulfonamides is 1. The lowest BCUT2D eigenvalue weighted by Crippen LogP contribution is -2.57. The molecule has 1 aromatic carbocycles. The molecule has 26 heavy (non-hydrogen) atoms. The molecule has 3 aliphatic heterocycles. The van der Waals surface area contributed by atoms with E-state index >= 15 is 0 Å². The molecule has 3 heterocycles. The Labute approximate surface area is 162 Å². The van der Waals surface area contributed by atoms with Crippen LogP contribution in [0.1, 0.15) is 48.4 Å². The van der Waals surface area contributed by atoms with E-state index in [4.69, 9.17) is 11.6 Å². The van der Waals surface area contributed by atoms with Gasteiger partial charge in [0.2, 0.25) is 10.0 Å². The molecule has 0 aliphatic carbocycles. The van der Waals surface area contributed by atoms with Gasteiger partial charge in [0, 0.05) is 37.6 Å². The fourth-order valence-electron chi connectivity index (χ4n) is 5.24. The van der Waals surface area contributed by atoms with Crippen LogP contribution in [0.2, 0.25) is 0 Å². The molecular formula is C20H29ClN2O2S. The molecule has 0 bridgehead atoms. The second-order valence-electron chi connectivity index (χ2n) is 8.14. The number of alkyl halides is 1. The van der Waals surface area contributed by atoms with Crippen LogP contribution in [0.3, 0.4) is 0 Å². The Bertz CT molecular complexity index is 767. The quantitative estimate of drug-likeness (QED) is 0.733. The highest BCUT2D eigenvalue weighted by atomic mass is 35.5. The van der Waals surface area contributed by atoms with Gasteiger partial charge in [-0.2, -0.15) is 4.31 Å². The second kappa shape index (κ2) is 7.42. The molecule has 2 saturated heterocycles. The van der Waals surface area contributed by atoms with Gasteiger partial charge >= 0.3 is 0 Å². The summed E-state index contributed by atoms with van der Waals surface area (Å²) < 4.78 is 27.6. The fourth-order valence-corrected chi connectivity index (χ4v) is 7.36. The van der Waals surface area contributed by atoms with Gasteiger partial charge in [0.15, 0.2) is 0 Å². The van der Waals surface area contributed by atoms with Crippen molar-refractivity contribution in [3.63, 3.8) is 0 Å². The van der Waals surface area contributed by atoms with Crippen LogP contribution in [0.25, 0.3) is 0 Å². The molecule has 144 valence electrons. The number of piperidine rings is 2. The fraction of sp³-hybridized carbons (Fsp3) is 0.700. The number of nitrogens with zero attached hydrogens (tertiary/aromatic N) is 2. The minimum absolute atomic E-state index is 0.151. The molecule has 4 rings (SSSR count). The Kier molecular flexibility index (Phi) is 5.35. The lowest BCUT2D eigenvalue weighted by Gasteiger charge is -2.51. The van der Waals surface area contributed by atoms with Crippen molar-refractivity contribution in [1.82, 2.24) is 9.21 Å². The molecule has 0 aromatic heterocycles. The topological polar surface area (TPSA) is 40.6 Å². The Balaban J connectivity index is 1.61. The zero-order chi connectivity index (χ0) is 18.3. The average Bonchev–Trinajstić information content (AvgIpc) is 2.64. The van der Waals surface area contributed by atoms with Crippen LogP contribution < -0.4 is 0 Å². The van der Waals surface area contributed by atoms with Crippen molar-refractivity contribution in [1.29, 1.82) is 0 Å². The first-order valence-electron chi connectivity index (χ1n) is 9.88. The standard InChI is InChI=1S/C20H29ClN2O2S/c1-15-5-6-18-16(12-15)7-10-22-14-17-4-2-9-23(19(17)13-20(18)22)26(24,25)11-3-8-21/h5-6,12,17,19-20H,2-4,7-11,13-14H2,1H3/t17-,19+,20-/m0/s1. The van der Waals surface area contributed by atoms with Crippen LogP contribution in [0.5, 0.6) is 0 Å². The molecule has 3 aliphatic rings. The summed E-state index contributed by atoms with van der Waals surface area (Å²) in [5.41, 5.74) is 4.19. The normalized spacial score (nSPS) is 29.7. The number of aryl methyl sites for hydroxylation is 1. The van der Waals surface area contributed by atoms with E-state index in [1.54, 1.807) is 0 Å². The molecule has 6 heteroatoms. The predicted molar refractivity (Wildman–Crippen MR) is 106 cm³/mol. The average molecular weight is 397 g/mol. The lowest BCUT2D eigenvalue weighted by molar-refractivity contribution is 0.0220. The zero-order valence-corrected chi connectivity index (χ0v) is 17.1. The monoisotopic (exact) mass is 396 g/mol. The van der Waals surface area contributed by atoms with Crippen molar-refractivity contribution in [2.24, 2.45) is 5.92 Å². The summed E-state index contributed by atoms with van der Waals surface area (Å²) in [6.45, 7) is 4.96. The smallest absolute Gasteiger partial charge is 0.214 e. The first-order chi connectivity index (χ1) is 12.5. The van der Waals surface area contributed by atoms with E-state index in [1.165, 1.54) is 16.7 Å². The van der Waals surface area contributed by atoms with E-state index in [0.717, 1.165) is 38.8 Å². The summed E-state index contributed by atoms with van der Waals surface area (Å²) in [7, 11) is -3.21. The first-order valence-corrected chi connectivity index (χ1v) is 12.0. The van der Waals surface area contributed by atoms with Gasteiger partial charge in [0.05, 0.1) is 5.75 Å². The molecule has 0 saturated carbocycles. The Morgan fingerprint density at radius 2 is 2.12 bits per heavy atom. The molecule has 0 N–H and O–H groups in total. The molecular weight excluding hydrogens is 368 g/mol. The number of halogens is 1. The maximum atomic E-state index is 12.9. The highest BCUT2D eigenvalue weighted by Gasteiger charge is 2.45. The summed E-state index contributed by atoms with van der Waals surface area (Å²) in [5, 5.41) is 0. The van der Waals surface area contributed by atoms with Crippen LogP contribution in [0, 0.1) is 12.8 Å². The summed E-state index contributed by atoms with van der Waals surface area (Å²) >= 11 is 5.75. The molecule has 3 atom stereocenters. The highest BCUT2D eigenvalue weighted by molar-refractivity contribution is 7.89. The Hall–Kier alpha value is -0.620. The van der Waals surface area contributed by atoms with Crippen molar-refractivity contribution in [2.75, 3.05) is 31.3 Å². The van der Waals surface area contributed by atoms with E-state index in [2.05, 4.69) is 30.0 Å². The molecule has 0 unspecified atom stereocenters. The largest absolute Gasteiger partial charge is 0.296 e. The van der Waals surface area contributed by atoms with Gasteiger partial charge in [-0.3, -0.25) is 4.90 Å². The van der Waals surface area contributed by atoms with Crippen LogP contribution in [0.15, 0.2) is 18.2 Å². The van der Waals surface area contributed by atoms with Crippen molar-refractivity contribution >= 4 is 21.6 Å². The molecule has 0 amide bonds. The minimum Gasteiger partial charge on any atom is -0.296 e. The number of fused-ring (bicyclic) bond motifs is 4. The first kappa shape index (κ1) is 18.7. The van der Waals surface area contributed by atoms with Gasteiger partial charge < -0.3 is 0 Å². The molecule has 0 radical (unpaired) electrons. The SMILES string of the molecule is Cc1ccc2c(c1)CCN1C[C@@H]3CCCN(S(=O)(=O)CCCCl)[C@@H]3C[C@@H]21. The van der Waals surface area contributed by atoms with Gasteiger partial charge in [-0.15, -0.1) is 11.6 Å². The van der Waals surface area contributed by atoms with E-state index in [-0.39, 0.29) is 11.8 Å². The Morgan fingerprint density at radius 1 is 1.27 bits per heavy atom. The van der Waals surface area contributed by atoms with E-state index in [9.17, 15) is 8.42 Å². The van der Waals surface area contributed by atoms with Crippen molar-refractivity contribution in [3.8, 4) is 0 Å². The van der Waals surface area contributed by atoms with Crippen molar-refractivity contribution in [2.45, 2.75) is 51.1 Å². The van der Waals surface area contributed by atoms with Crippen molar-refractivity contribution < 1.29 is 8.42 Å². The van der Waals surface area contributed by atoms with Gasteiger partial charge in [-0.25, -0.2) is 8.42 Å². The number of hydrogen-bond acceptors (Lipinski definition) is 3. The minimum atomic E-state index is -3.21. The van der Waals surface area contributed by atoms with Gasteiger partial charge in [0.25, 0.3) is 0 Å². The van der Waals surface area contributed by atoms with E-state index in [0.29, 0.717) is 30.8 Å². The van der Waals surface area contributed by atoms with Crippen LogP contribution >= 0.6 is 11.6 Å². The van der Waals surface area contributed by atoms with Crippen LogP contribution in [0.4, 0.5) is 0 Å². The molecule has 0 spiro atoms. The number of rotatable bonds is 4. The van der Waals surface area contributed by atoms with E-state index in [1.807, 2.05) is 4.31 Å². The maximum absolute atomic E-state index is 12.9.